The lowest BCUT2D eigenvalue weighted by Crippen LogP contribution is -2.28. The van der Waals surface area contributed by atoms with E-state index in [-0.39, 0.29) is 25.5 Å². The van der Waals surface area contributed by atoms with E-state index in [9.17, 15) is 19.2 Å². The fourth-order valence-electron chi connectivity index (χ4n) is 3.36. The minimum atomic E-state index is -0.652. The van der Waals surface area contributed by atoms with Crippen LogP contribution in [0.5, 0.6) is 5.75 Å². The molecule has 0 spiro atoms. The van der Waals surface area contributed by atoms with Gasteiger partial charge in [-0.3, -0.25) is 14.4 Å². The average molecular weight is 454 g/mol. The van der Waals surface area contributed by atoms with Crippen LogP contribution in [0.3, 0.4) is 0 Å². The molecule has 1 fully saturated rings. The molecule has 0 aromatic heterocycles. The molecule has 174 valence electrons. The van der Waals surface area contributed by atoms with Crippen LogP contribution in [0.2, 0.25) is 0 Å². The van der Waals surface area contributed by atoms with Gasteiger partial charge in [0.15, 0.2) is 6.61 Å². The van der Waals surface area contributed by atoms with Crippen molar-refractivity contribution in [2.24, 2.45) is 5.92 Å². The van der Waals surface area contributed by atoms with Gasteiger partial charge < -0.3 is 24.4 Å². The molecule has 0 unspecified atom stereocenters. The molecule has 0 saturated carbocycles. The molecule has 2 amide bonds. The molecular weight excluding hydrogens is 428 g/mol. The molecule has 9 nitrogen and oxygen atoms in total. The van der Waals surface area contributed by atoms with Crippen LogP contribution < -0.4 is 15.0 Å². The van der Waals surface area contributed by atoms with Crippen molar-refractivity contribution in [1.29, 1.82) is 0 Å². The molecule has 1 N–H and O–H groups in total. The maximum Gasteiger partial charge on any atom is 0.338 e. The number of esters is 2. The maximum absolute atomic E-state index is 12.4. The molecule has 1 heterocycles. The highest BCUT2D eigenvalue weighted by molar-refractivity contribution is 6.00. The first-order chi connectivity index (χ1) is 15.9. The first kappa shape index (κ1) is 23.8. The van der Waals surface area contributed by atoms with E-state index in [1.54, 1.807) is 43.3 Å². The number of benzene rings is 2. The van der Waals surface area contributed by atoms with E-state index in [2.05, 4.69) is 5.32 Å². The third kappa shape index (κ3) is 6.31. The zero-order valence-corrected chi connectivity index (χ0v) is 18.5. The topological polar surface area (TPSA) is 111 Å². The van der Waals surface area contributed by atoms with Crippen molar-refractivity contribution in [3.63, 3.8) is 0 Å². The molecular formula is C24H26N2O7. The van der Waals surface area contributed by atoms with E-state index in [0.29, 0.717) is 29.3 Å². The Morgan fingerprint density at radius 3 is 2.30 bits per heavy atom. The molecule has 3 rings (SSSR count). The Morgan fingerprint density at radius 2 is 1.67 bits per heavy atom. The third-order valence-electron chi connectivity index (χ3n) is 4.94. The van der Waals surface area contributed by atoms with Crippen LogP contribution in [-0.4, -0.2) is 50.1 Å². The van der Waals surface area contributed by atoms with E-state index in [4.69, 9.17) is 14.2 Å². The van der Waals surface area contributed by atoms with Gasteiger partial charge in [0.2, 0.25) is 5.91 Å². The van der Waals surface area contributed by atoms with E-state index >= 15 is 0 Å². The summed E-state index contributed by atoms with van der Waals surface area (Å²) in [4.78, 5) is 50.1. The van der Waals surface area contributed by atoms with Crippen LogP contribution in [0, 0.1) is 5.92 Å². The Balaban J connectivity index is 1.47. The number of rotatable bonds is 9. The van der Waals surface area contributed by atoms with Gasteiger partial charge in [0.25, 0.3) is 5.91 Å². The molecule has 2 aromatic rings. The second-order valence-electron chi connectivity index (χ2n) is 7.29. The second kappa shape index (κ2) is 11.1. The number of anilines is 2. The van der Waals surface area contributed by atoms with Crippen molar-refractivity contribution in [3.8, 4) is 5.75 Å². The Hall–Kier alpha value is -3.88. The summed E-state index contributed by atoms with van der Waals surface area (Å²) in [5.41, 5.74) is 1.48. The van der Waals surface area contributed by atoms with Gasteiger partial charge in [0, 0.05) is 24.3 Å². The first-order valence-corrected chi connectivity index (χ1v) is 10.7. The van der Waals surface area contributed by atoms with Gasteiger partial charge in [-0.2, -0.15) is 0 Å². The van der Waals surface area contributed by atoms with Gasteiger partial charge >= 0.3 is 11.9 Å². The predicted molar refractivity (Wildman–Crippen MR) is 120 cm³/mol. The summed E-state index contributed by atoms with van der Waals surface area (Å²) in [5, 5.41) is 2.59. The van der Waals surface area contributed by atoms with Crippen molar-refractivity contribution in [1.82, 2.24) is 0 Å². The summed E-state index contributed by atoms with van der Waals surface area (Å²) in [7, 11) is 0. The van der Waals surface area contributed by atoms with Crippen LogP contribution in [0.25, 0.3) is 0 Å². The molecule has 0 aliphatic carbocycles. The van der Waals surface area contributed by atoms with Gasteiger partial charge in [-0.05, 0) is 62.4 Å². The second-order valence-corrected chi connectivity index (χ2v) is 7.29. The fourth-order valence-corrected chi connectivity index (χ4v) is 3.36. The summed E-state index contributed by atoms with van der Waals surface area (Å²) in [6.07, 6.45) is 0.0169. The summed E-state index contributed by atoms with van der Waals surface area (Å²) >= 11 is 0. The molecule has 1 saturated heterocycles. The summed E-state index contributed by atoms with van der Waals surface area (Å²) in [6.45, 7) is 4.12. The minimum absolute atomic E-state index is 0.0169. The van der Waals surface area contributed by atoms with E-state index in [0.717, 1.165) is 0 Å². The molecule has 1 atom stereocenters. The van der Waals surface area contributed by atoms with Crippen molar-refractivity contribution in [2.45, 2.75) is 20.3 Å². The number of amides is 2. The highest BCUT2D eigenvalue weighted by Crippen LogP contribution is 2.27. The number of hydrogen-bond acceptors (Lipinski definition) is 7. The van der Waals surface area contributed by atoms with Crippen molar-refractivity contribution >= 4 is 35.1 Å². The van der Waals surface area contributed by atoms with Gasteiger partial charge in [-0.25, -0.2) is 4.79 Å². The molecule has 33 heavy (non-hydrogen) atoms. The number of ether oxygens (including phenoxy) is 3. The van der Waals surface area contributed by atoms with E-state index in [1.165, 1.54) is 17.0 Å². The smallest absolute Gasteiger partial charge is 0.338 e. The first-order valence-electron chi connectivity index (χ1n) is 10.7. The summed E-state index contributed by atoms with van der Waals surface area (Å²) in [6, 6.07) is 13.2. The number of nitrogens with zero attached hydrogens (tertiary/aromatic N) is 1. The van der Waals surface area contributed by atoms with Crippen LogP contribution in [0.4, 0.5) is 11.4 Å². The lowest BCUT2D eigenvalue weighted by molar-refractivity contribution is -0.151. The molecule has 1 aliphatic rings. The molecule has 2 aromatic carbocycles. The molecule has 1 aliphatic heterocycles. The third-order valence-corrected chi connectivity index (χ3v) is 4.94. The van der Waals surface area contributed by atoms with Crippen LogP contribution >= 0.6 is 0 Å². The van der Waals surface area contributed by atoms with Crippen LogP contribution in [0.1, 0.15) is 30.6 Å². The number of carbonyl (C=O) groups excluding carboxylic acids is 4. The molecule has 0 bridgehead atoms. The van der Waals surface area contributed by atoms with E-state index < -0.39 is 30.4 Å². The van der Waals surface area contributed by atoms with Crippen LogP contribution in [0.15, 0.2) is 48.5 Å². The fraction of sp³-hybridized carbons (Fsp3) is 0.333. The zero-order valence-electron chi connectivity index (χ0n) is 18.5. The number of hydrogen-bond donors (Lipinski definition) is 1. The Bertz CT molecular complexity index is 1000. The highest BCUT2D eigenvalue weighted by atomic mass is 16.5. The Morgan fingerprint density at radius 1 is 0.970 bits per heavy atom. The van der Waals surface area contributed by atoms with E-state index in [1.807, 2.05) is 6.92 Å². The average Bonchev–Trinajstić information content (AvgIpc) is 3.20. The maximum atomic E-state index is 12.4. The minimum Gasteiger partial charge on any atom is -0.494 e. The molecule has 9 heteroatoms. The SMILES string of the molecule is CCOC(=O)c1ccc(NC(=O)COC(=O)[C@@H]2CC(=O)N(c3ccc(OCC)cc3)C2)cc1. The predicted octanol–water partition coefficient (Wildman–Crippen LogP) is 2.80. The molecule has 0 radical (unpaired) electrons. The van der Waals surface area contributed by atoms with Gasteiger partial charge in [0.1, 0.15) is 5.75 Å². The van der Waals surface area contributed by atoms with Gasteiger partial charge in [-0.1, -0.05) is 0 Å². The van der Waals surface area contributed by atoms with Crippen molar-refractivity contribution < 1.29 is 33.4 Å². The normalized spacial score (nSPS) is 15.2. The standard InChI is InChI=1S/C24H26N2O7/c1-3-31-20-11-9-19(10-12-20)26-14-17(13-22(26)28)24(30)33-15-21(27)25-18-7-5-16(6-8-18)23(29)32-4-2/h5-12,17H,3-4,13-15H2,1-2H3,(H,25,27)/t17-/m1/s1. The van der Waals surface area contributed by atoms with Crippen molar-refractivity contribution in [2.75, 3.05) is 36.6 Å². The van der Waals surface area contributed by atoms with Crippen molar-refractivity contribution in [3.05, 3.63) is 54.1 Å². The number of carbonyl (C=O) groups is 4. The summed E-state index contributed by atoms with van der Waals surface area (Å²) < 4.78 is 15.4. The monoisotopic (exact) mass is 454 g/mol. The zero-order chi connectivity index (χ0) is 23.8. The lowest BCUT2D eigenvalue weighted by Gasteiger charge is -2.17. The number of nitrogens with one attached hydrogen (secondary N) is 1. The van der Waals surface area contributed by atoms with Crippen LogP contribution in [-0.2, 0) is 23.9 Å². The van der Waals surface area contributed by atoms with Gasteiger partial charge in [-0.15, -0.1) is 0 Å². The lowest BCUT2D eigenvalue weighted by atomic mass is 10.1. The quantitative estimate of drug-likeness (QED) is 0.580. The Labute approximate surface area is 191 Å². The van der Waals surface area contributed by atoms with Gasteiger partial charge in [0.05, 0.1) is 24.7 Å². The summed E-state index contributed by atoms with van der Waals surface area (Å²) in [5.74, 6) is -1.72. The largest absolute Gasteiger partial charge is 0.494 e. The highest BCUT2D eigenvalue weighted by Gasteiger charge is 2.36. The Kier molecular flexibility index (Phi) is 8.01.